The lowest BCUT2D eigenvalue weighted by Crippen LogP contribution is -2.47. The second kappa shape index (κ2) is 7.70. The summed E-state index contributed by atoms with van der Waals surface area (Å²) in [6.45, 7) is 9.12. The Labute approximate surface area is 171 Å². The molecule has 0 radical (unpaired) electrons. The zero-order valence-corrected chi connectivity index (χ0v) is 17.2. The largest absolute Gasteiger partial charge is 0.363 e. The van der Waals surface area contributed by atoms with Gasteiger partial charge in [-0.15, -0.1) is 0 Å². The van der Waals surface area contributed by atoms with Crippen molar-refractivity contribution in [1.82, 2.24) is 14.8 Å². The summed E-state index contributed by atoms with van der Waals surface area (Å²) in [5.74, 6) is 0.574. The molecule has 2 amide bonds. The molecule has 0 spiro atoms. The van der Waals surface area contributed by atoms with Gasteiger partial charge in [0.15, 0.2) is 0 Å². The standard InChI is InChI=1S/C23H26N4O2/c1-4-27-22(28)20(18-9-8-16(2)15-17(18)3)21(23(27)29)26-13-11-25(12-14-26)19-7-5-6-10-24-19/h5-10,15H,4,11-14H2,1-3H3. The lowest BCUT2D eigenvalue weighted by molar-refractivity contribution is -0.137. The number of benzene rings is 1. The Kier molecular flexibility index (Phi) is 5.09. The molecule has 29 heavy (non-hydrogen) atoms. The van der Waals surface area contributed by atoms with Gasteiger partial charge in [-0.05, 0) is 44.0 Å². The van der Waals surface area contributed by atoms with Crippen molar-refractivity contribution in [2.75, 3.05) is 37.6 Å². The monoisotopic (exact) mass is 390 g/mol. The SMILES string of the molecule is CCN1C(=O)C(c2ccc(C)cc2C)=C(N2CCN(c3ccccn3)CC2)C1=O. The Morgan fingerprint density at radius 2 is 1.66 bits per heavy atom. The molecule has 1 aromatic carbocycles. The highest BCUT2D eigenvalue weighted by Gasteiger charge is 2.41. The van der Waals surface area contributed by atoms with E-state index in [0.29, 0.717) is 30.9 Å². The Hall–Kier alpha value is -3.15. The van der Waals surface area contributed by atoms with Gasteiger partial charge in [0.2, 0.25) is 0 Å². The number of hydrogen-bond acceptors (Lipinski definition) is 5. The highest BCUT2D eigenvalue weighted by Crippen LogP contribution is 2.34. The van der Waals surface area contributed by atoms with Crippen LogP contribution in [0.15, 0.2) is 48.3 Å². The summed E-state index contributed by atoms with van der Waals surface area (Å²) in [6.07, 6.45) is 1.79. The van der Waals surface area contributed by atoms with Crippen LogP contribution in [-0.2, 0) is 9.59 Å². The predicted octanol–water partition coefficient (Wildman–Crippen LogP) is 2.62. The number of anilines is 1. The van der Waals surface area contributed by atoms with E-state index in [0.717, 1.165) is 35.6 Å². The number of aromatic nitrogens is 1. The summed E-state index contributed by atoms with van der Waals surface area (Å²) in [5.41, 5.74) is 4.10. The van der Waals surface area contributed by atoms with Crippen LogP contribution in [-0.4, -0.2) is 59.3 Å². The van der Waals surface area contributed by atoms with E-state index in [1.165, 1.54) is 4.90 Å². The fraction of sp³-hybridized carbons (Fsp3) is 0.348. The maximum atomic E-state index is 13.1. The Bertz CT molecular complexity index is 976. The number of amides is 2. The summed E-state index contributed by atoms with van der Waals surface area (Å²) in [6, 6.07) is 11.9. The second-order valence-corrected chi connectivity index (χ2v) is 7.56. The zero-order valence-electron chi connectivity index (χ0n) is 17.2. The number of pyridine rings is 1. The summed E-state index contributed by atoms with van der Waals surface area (Å²) in [5, 5.41) is 0. The van der Waals surface area contributed by atoms with Crippen molar-refractivity contribution >= 4 is 23.2 Å². The summed E-state index contributed by atoms with van der Waals surface area (Å²) < 4.78 is 0. The van der Waals surface area contributed by atoms with Crippen molar-refractivity contribution in [1.29, 1.82) is 0 Å². The molecular formula is C23H26N4O2. The van der Waals surface area contributed by atoms with E-state index in [1.807, 2.05) is 51.1 Å². The predicted molar refractivity (Wildman–Crippen MR) is 113 cm³/mol. The van der Waals surface area contributed by atoms with E-state index in [2.05, 4.69) is 20.9 Å². The van der Waals surface area contributed by atoms with Crippen molar-refractivity contribution in [3.05, 3.63) is 65.0 Å². The van der Waals surface area contributed by atoms with Crippen molar-refractivity contribution in [3.8, 4) is 0 Å². The minimum Gasteiger partial charge on any atom is -0.363 e. The Morgan fingerprint density at radius 3 is 2.28 bits per heavy atom. The molecule has 150 valence electrons. The first kappa shape index (κ1) is 19.2. The number of carbonyl (C=O) groups is 2. The van der Waals surface area contributed by atoms with E-state index in [9.17, 15) is 9.59 Å². The normalized spacial score (nSPS) is 17.6. The Morgan fingerprint density at radius 1 is 0.931 bits per heavy atom. The first-order valence-corrected chi connectivity index (χ1v) is 10.1. The molecule has 2 aliphatic rings. The van der Waals surface area contributed by atoms with Gasteiger partial charge in [-0.2, -0.15) is 0 Å². The van der Waals surface area contributed by atoms with Crippen molar-refractivity contribution in [2.24, 2.45) is 0 Å². The number of hydrogen-bond donors (Lipinski definition) is 0. The summed E-state index contributed by atoms with van der Waals surface area (Å²) in [4.78, 5) is 36.3. The highest BCUT2D eigenvalue weighted by molar-refractivity contribution is 6.35. The lowest BCUT2D eigenvalue weighted by atomic mass is 9.97. The van der Waals surface area contributed by atoms with Gasteiger partial charge in [-0.25, -0.2) is 4.98 Å². The molecule has 0 saturated carbocycles. The molecule has 0 N–H and O–H groups in total. The number of carbonyl (C=O) groups excluding carboxylic acids is 2. The van der Waals surface area contributed by atoms with Gasteiger partial charge >= 0.3 is 0 Å². The van der Waals surface area contributed by atoms with Gasteiger partial charge in [0, 0.05) is 38.9 Å². The molecule has 0 unspecified atom stereocenters. The van der Waals surface area contributed by atoms with E-state index >= 15 is 0 Å². The minimum atomic E-state index is -0.188. The van der Waals surface area contributed by atoms with Crippen molar-refractivity contribution < 1.29 is 9.59 Å². The van der Waals surface area contributed by atoms with Crippen molar-refractivity contribution in [3.63, 3.8) is 0 Å². The molecule has 1 saturated heterocycles. The highest BCUT2D eigenvalue weighted by atomic mass is 16.2. The van der Waals surface area contributed by atoms with Crippen LogP contribution < -0.4 is 4.90 Å². The zero-order chi connectivity index (χ0) is 20.5. The molecule has 0 bridgehead atoms. The number of rotatable bonds is 4. The van der Waals surface area contributed by atoms with Gasteiger partial charge in [0.1, 0.15) is 11.5 Å². The third-order valence-corrected chi connectivity index (χ3v) is 5.68. The van der Waals surface area contributed by atoms with Crippen LogP contribution in [0.3, 0.4) is 0 Å². The number of imide groups is 1. The third-order valence-electron chi connectivity index (χ3n) is 5.68. The van der Waals surface area contributed by atoms with E-state index < -0.39 is 0 Å². The fourth-order valence-electron chi connectivity index (χ4n) is 4.18. The van der Waals surface area contributed by atoms with Crippen molar-refractivity contribution in [2.45, 2.75) is 20.8 Å². The van der Waals surface area contributed by atoms with Crippen LogP contribution in [0.4, 0.5) is 5.82 Å². The van der Waals surface area contributed by atoms with Gasteiger partial charge in [0.25, 0.3) is 11.8 Å². The fourth-order valence-corrected chi connectivity index (χ4v) is 4.18. The summed E-state index contributed by atoms with van der Waals surface area (Å²) in [7, 11) is 0. The number of likely N-dealkylation sites (N-methyl/N-ethyl adjacent to an activating group) is 1. The molecule has 0 atom stereocenters. The average Bonchev–Trinajstić information content (AvgIpc) is 2.98. The number of aryl methyl sites for hydroxylation is 2. The second-order valence-electron chi connectivity index (χ2n) is 7.56. The maximum Gasteiger partial charge on any atom is 0.277 e. The quantitative estimate of drug-likeness (QED) is 0.751. The molecule has 6 nitrogen and oxygen atoms in total. The van der Waals surface area contributed by atoms with Crippen LogP contribution in [0.25, 0.3) is 5.57 Å². The van der Waals surface area contributed by atoms with Gasteiger partial charge in [-0.3, -0.25) is 14.5 Å². The lowest BCUT2D eigenvalue weighted by Gasteiger charge is -2.37. The first-order valence-electron chi connectivity index (χ1n) is 10.1. The third kappa shape index (κ3) is 3.39. The molecule has 1 aromatic heterocycles. The molecule has 2 aliphatic heterocycles. The number of nitrogens with zero attached hydrogens (tertiary/aromatic N) is 4. The first-order chi connectivity index (χ1) is 14.0. The smallest absolute Gasteiger partial charge is 0.277 e. The molecular weight excluding hydrogens is 364 g/mol. The van der Waals surface area contributed by atoms with E-state index in [-0.39, 0.29) is 11.8 Å². The van der Waals surface area contributed by atoms with E-state index in [1.54, 1.807) is 6.20 Å². The molecule has 4 rings (SSSR count). The number of piperazine rings is 1. The molecule has 3 heterocycles. The molecule has 0 aliphatic carbocycles. The van der Waals surface area contributed by atoms with E-state index in [4.69, 9.17) is 0 Å². The average molecular weight is 390 g/mol. The van der Waals surface area contributed by atoms with Crippen LogP contribution in [0.2, 0.25) is 0 Å². The van der Waals surface area contributed by atoms with Crippen LogP contribution in [0.1, 0.15) is 23.6 Å². The van der Waals surface area contributed by atoms with Gasteiger partial charge < -0.3 is 9.80 Å². The molecule has 2 aromatic rings. The minimum absolute atomic E-state index is 0.182. The van der Waals surface area contributed by atoms with Crippen LogP contribution in [0.5, 0.6) is 0 Å². The Balaban J connectivity index is 1.68. The summed E-state index contributed by atoms with van der Waals surface area (Å²) >= 11 is 0. The van der Waals surface area contributed by atoms with Crippen LogP contribution >= 0.6 is 0 Å². The van der Waals surface area contributed by atoms with Gasteiger partial charge in [-0.1, -0.05) is 29.8 Å². The molecule has 1 fully saturated rings. The van der Waals surface area contributed by atoms with Gasteiger partial charge in [0.05, 0.1) is 5.57 Å². The van der Waals surface area contributed by atoms with Crippen LogP contribution in [0, 0.1) is 13.8 Å². The maximum absolute atomic E-state index is 13.1. The topological polar surface area (TPSA) is 56.8 Å². The molecule has 6 heteroatoms.